The van der Waals surface area contributed by atoms with Crippen LogP contribution in [0.3, 0.4) is 0 Å². The topological polar surface area (TPSA) is 55.6 Å². The molecule has 0 aliphatic heterocycles. The first kappa shape index (κ1) is 12.5. The van der Waals surface area contributed by atoms with Crippen molar-refractivity contribution in [3.63, 3.8) is 0 Å². The Bertz CT molecular complexity index is 371. The third kappa shape index (κ3) is 2.65. The fourth-order valence-corrected chi connectivity index (χ4v) is 2.74. The van der Waals surface area contributed by atoms with Crippen molar-refractivity contribution in [3.8, 4) is 0 Å². The number of rotatable bonds is 3. The molecule has 1 aromatic heterocycles. The molecule has 17 heavy (non-hydrogen) atoms. The summed E-state index contributed by atoms with van der Waals surface area (Å²) >= 11 is 0. The lowest BCUT2D eigenvalue weighted by Gasteiger charge is -2.35. The highest BCUT2D eigenvalue weighted by Crippen LogP contribution is 2.41. The predicted octanol–water partition coefficient (Wildman–Crippen LogP) is 2.09. The molecule has 0 bridgehead atoms. The van der Waals surface area contributed by atoms with Crippen LogP contribution in [0.15, 0.2) is 0 Å². The third-order valence-electron chi connectivity index (χ3n) is 3.86. The zero-order valence-electron chi connectivity index (χ0n) is 11.3. The second-order valence-corrected chi connectivity index (χ2v) is 5.91. The highest BCUT2D eigenvalue weighted by Gasteiger charge is 2.31. The lowest BCUT2D eigenvalue weighted by Crippen LogP contribution is -2.28. The highest BCUT2D eigenvalue weighted by molar-refractivity contribution is 4.93. The van der Waals surface area contributed by atoms with Gasteiger partial charge in [0.2, 0.25) is 0 Å². The minimum Gasteiger partial charge on any atom is -0.311 e. The van der Waals surface area contributed by atoms with E-state index in [1.54, 1.807) is 0 Å². The summed E-state index contributed by atoms with van der Waals surface area (Å²) in [6.45, 7) is 6.77. The number of aromatic nitrogens is 4. The molecule has 5 nitrogen and oxygen atoms in total. The van der Waals surface area contributed by atoms with Crippen molar-refractivity contribution in [1.29, 1.82) is 0 Å². The smallest absolute Gasteiger partial charge is 0.168 e. The van der Waals surface area contributed by atoms with Crippen LogP contribution in [0, 0.1) is 5.41 Å². The van der Waals surface area contributed by atoms with E-state index in [1.165, 1.54) is 25.7 Å². The highest BCUT2D eigenvalue weighted by atomic mass is 15.6. The van der Waals surface area contributed by atoms with Crippen molar-refractivity contribution in [2.75, 3.05) is 7.05 Å². The van der Waals surface area contributed by atoms with Crippen LogP contribution < -0.4 is 5.32 Å². The monoisotopic (exact) mass is 237 g/mol. The maximum atomic E-state index is 4.19. The molecule has 1 fully saturated rings. The largest absolute Gasteiger partial charge is 0.311 e. The summed E-state index contributed by atoms with van der Waals surface area (Å²) in [5, 5.41) is 15.4. The first-order valence-corrected chi connectivity index (χ1v) is 6.48. The zero-order chi connectivity index (χ0) is 12.5. The molecule has 0 aromatic carbocycles. The normalized spacial score (nSPS) is 25.8. The van der Waals surface area contributed by atoms with Gasteiger partial charge in [0, 0.05) is 0 Å². The van der Waals surface area contributed by atoms with E-state index in [0.717, 1.165) is 5.82 Å². The molecule has 1 heterocycles. The lowest BCUT2D eigenvalue weighted by molar-refractivity contribution is 0.169. The molecular weight excluding hydrogens is 214 g/mol. The molecule has 2 unspecified atom stereocenters. The number of hydrogen-bond donors (Lipinski definition) is 1. The minimum atomic E-state index is 0.204. The van der Waals surface area contributed by atoms with Crippen LogP contribution in [-0.4, -0.2) is 27.3 Å². The first-order chi connectivity index (χ1) is 8.03. The third-order valence-corrected chi connectivity index (χ3v) is 3.86. The second-order valence-electron chi connectivity index (χ2n) is 5.91. The van der Waals surface area contributed by atoms with Gasteiger partial charge >= 0.3 is 0 Å². The van der Waals surface area contributed by atoms with Gasteiger partial charge in [-0.1, -0.05) is 20.3 Å². The summed E-state index contributed by atoms with van der Waals surface area (Å²) in [7, 11) is 1.94. The van der Waals surface area contributed by atoms with E-state index in [1.807, 2.05) is 11.7 Å². The number of hydrogen-bond acceptors (Lipinski definition) is 4. The SMILES string of the molecule is CNC(C)c1nnnn1C1CCCC(C)(C)C1. The van der Waals surface area contributed by atoms with Gasteiger partial charge in [0.15, 0.2) is 5.82 Å². The summed E-state index contributed by atoms with van der Waals surface area (Å²) < 4.78 is 2.03. The molecule has 0 amide bonds. The summed E-state index contributed by atoms with van der Waals surface area (Å²) in [6, 6.07) is 0.662. The van der Waals surface area contributed by atoms with Crippen molar-refractivity contribution >= 4 is 0 Å². The van der Waals surface area contributed by atoms with Gasteiger partial charge in [-0.2, -0.15) is 0 Å². The van der Waals surface area contributed by atoms with Crippen LogP contribution in [0.25, 0.3) is 0 Å². The Hall–Kier alpha value is -0.970. The van der Waals surface area contributed by atoms with Crippen molar-refractivity contribution in [3.05, 3.63) is 5.82 Å². The minimum absolute atomic E-state index is 0.204. The van der Waals surface area contributed by atoms with E-state index in [2.05, 4.69) is 41.6 Å². The Morgan fingerprint density at radius 2 is 2.24 bits per heavy atom. The van der Waals surface area contributed by atoms with E-state index in [4.69, 9.17) is 0 Å². The Balaban J connectivity index is 2.19. The zero-order valence-corrected chi connectivity index (χ0v) is 11.3. The van der Waals surface area contributed by atoms with Gasteiger partial charge in [-0.15, -0.1) is 5.10 Å². The molecule has 1 saturated carbocycles. The molecular formula is C12H23N5. The van der Waals surface area contributed by atoms with Gasteiger partial charge in [-0.05, 0) is 49.1 Å². The van der Waals surface area contributed by atoms with Gasteiger partial charge in [0.25, 0.3) is 0 Å². The van der Waals surface area contributed by atoms with E-state index in [9.17, 15) is 0 Å². The maximum absolute atomic E-state index is 4.19. The first-order valence-electron chi connectivity index (χ1n) is 6.48. The summed E-state index contributed by atoms with van der Waals surface area (Å²) in [5.74, 6) is 0.954. The van der Waals surface area contributed by atoms with Crippen LogP contribution in [0.4, 0.5) is 0 Å². The van der Waals surface area contributed by atoms with Gasteiger partial charge in [0.05, 0.1) is 12.1 Å². The molecule has 1 aromatic rings. The van der Waals surface area contributed by atoms with E-state index < -0.39 is 0 Å². The molecule has 5 heteroatoms. The summed E-state index contributed by atoms with van der Waals surface area (Å²) in [4.78, 5) is 0. The van der Waals surface area contributed by atoms with Crippen LogP contribution in [0.1, 0.15) is 64.4 Å². The molecule has 1 aliphatic rings. The molecule has 1 N–H and O–H groups in total. The Labute approximate surface area is 103 Å². The predicted molar refractivity (Wildman–Crippen MR) is 66.6 cm³/mol. The van der Waals surface area contributed by atoms with Gasteiger partial charge in [0.1, 0.15) is 0 Å². The molecule has 96 valence electrons. The number of nitrogens with zero attached hydrogens (tertiary/aromatic N) is 4. The molecule has 2 atom stereocenters. The number of nitrogens with one attached hydrogen (secondary N) is 1. The molecule has 2 rings (SSSR count). The standard InChI is InChI=1S/C12H23N5/c1-9(13-4)11-14-15-16-17(11)10-6-5-7-12(2,3)8-10/h9-10,13H,5-8H2,1-4H3. The van der Waals surface area contributed by atoms with Crippen molar-refractivity contribution in [1.82, 2.24) is 25.5 Å². The van der Waals surface area contributed by atoms with Gasteiger partial charge in [-0.3, -0.25) is 0 Å². The molecule has 0 spiro atoms. The Morgan fingerprint density at radius 3 is 2.88 bits per heavy atom. The fourth-order valence-electron chi connectivity index (χ4n) is 2.74. The Morgan fingerprint density at radius 1 is 1.47 bits per heavy atom. The maximum Gasteiger partial charge on any atom is 0.168 e. The van der Waals surface area contributed by atoms with Crippen LogP contribution in [-0.2, 0) is 0 Å². The molecule has 1 aliphatic carbocycles. The molecule has 0 radical (unpaired) electrons. The fraction of sp³-hybridized carbons (Fsp3) is 0.917. The lowest BCUT2D eigenvalue weighted by atomic mass is 9.75. The number of tetrazole rings is 1. The van der Waals surface area contributed by atoms with Gasteiger partial charge in [-0.25, -0.2) is 4.68 Å². The van der Waals surface area contributed by atoms with Crippen molar-refractivity contribution < 1.29 is 0 Å². The van der Waals surface area contributed by atoms with E-state index in [-0.39, 0.29) is 6.04 Å². The summed E-state index contributed by atoms with van der Waals surface area (Å²) in [5.41, 5.74) is 0.412. The Kier molecular flexibility index (Phi) is 3.47. The van der Waals surface area contributed by atoms with E-state index >= 15 is 0 Å². The molecule has 0 saturated heterocycles. The van der Waals surface area contributed by atoms with E-state index in [0.29, 0.717) is 11.5 Å². The van der Waals surface area contributed by atoms with Crippen LogP contribution >= 0.6 is 0 Å². The van der Waals surface area contributed by atoms with Crippen LogP contribution in [0.2, 0.25) is 0 Å². The average Bonchev–Trinajstić information content (AvgIpc) is 2.75. The second kappa shape index (κ2) is 4.72. The van der Waals surface area contributed by atoms with Gasteiger partial charge < -0.3 is 5.32 Å². The van der Waals surface area contributed by atoms with Crippen LogP contribution in [0.5, 0.6) is 0 Å². The quantitative estimate of drug-likeness (QED) is 0.874. The average molecular weight is 237 g/mol. The van der Waals surface area contributed by atoms with Crippen molar-refractivity contribution in [2.45, 2.75) is 58.5 Å². The van der Waals surface area contributed by atoms with Crippen molar-refractivity contribution in [2.24, 2.45) is 5.41 Å². The summed E-state index contributed by atoms with van der Waals surface area (Å²) in [6.07, 6.45) is 4.94.